The van der Waals surface area contributed by atoms with E-state index < -0.39 is 0 Å². The number of nitrogens with zero attached hydrogens (tertiary/aromatic N) is 2. The van der Waals surface area contributed by atoms with Gasteiger partial charge in [0.25, 0.3) is 0 Å². The number of carbonyl (C=O) groups is 1. The molecule has 27 heavy (non-hydrogen) atoms. The monoisotopic (exact) mass is 389 g/mol. The van der Waals surface area contributed by atoms with Gasteiger partial charge in [0.15, 0.2) is 0 Å². The summed E-state index contributed by atoms with van der Waals surface area (Å²) in [6.45, 7) is 3.75. The van der Waals surface area contributed by atoms with Gasteiger partial charge in [-0.2, -0.15) is 0 Å². The molecule has 0 radical (unpaired) electrons. The molecule has 0 unspecified atom stereocenters. The first-order valence-electron chi connectivity index (χ1n) is 8.96. The Hall–Kier alpha value is -2.60. The molecule has 0 atom stereocenters. The molecule has 0 bridgehead atoms. The highest BCUT2D eigenvalue weighted by molar-refractivity contribution is 6.30. The molecule has 2 amide bonds. The van der Waals surface area contributed by atoms with Gasteiger partial charge >= 0.3 is 6.03 Å². The number of urea groups is 1. The van der Waals surface area contributed by atoms with Crippen LogP contribution in [0.4, 0.5) is 10.5 Å². The maximum absolute atomic E-state index is 12.3. The number of hydrogen-bond donors (Lipinski definition) is 1. The van der Waals surface area contributed by atoms with Crippen LogP contribution in [-0.2, 0) is 0 Å². The second-order valence-corrected chi connectivity index (χ2v) is 6.62. The number of ether oxygens (including phenoxy) is 2. The normalized spacial score (nSPS) is 14.0. The van der Waals surface area contributed by atoms with Gasteiger partial charge in [0.1, 0.15) is 18.1 Å². The van der Waals surface area contributed by atoms with Crippen LogP contribution in [0.15, 0.2) is 48.5 Å². The predicted molar refractivity (Wildman–Crippen MR) is 107 cm³/mol. The van der Waals surface area contributed by atoms with Gasteiger partial charge in [0.05, 0.1) is 19.3 Å². The molecular weight excluding hydrogens is 366 g/mol. The molecule has 144 valence electrons. The van der Waals surface area contributed by atoms with Crippen molar-refractivity contribution in [2.45, 2.75) is 0 Å². The second-order valence-electron chi connectivity index (χ2n) is 6.18. The van der Waals surface area contributed by atoms with Crippen LogP contribution in [-0.4, -0.2) is 57.4 Å². The van der Waals surface area contributed by atoms with Gasteiger partial charge in [-0.05, 0) is 36.4 Å². The number of amides is 2. The van der Waals surface area contributed by atoms with E-state index in [-0.39, 0.29) is 6.03 Å². The van der Waals surface area contributed by atoms with Crippen LogP contribution in [0.2, 0.25) is 5.02 Å². The first-order valence-corrected chi connectivity index (χ1v) is 9.34. The third-order valence-electron chi connectivity index (χ3n) is 4.45. The predicted octanol–water partition coefficient (Wildman–Crippen LogP) is 3.26. The number of anilines is 1. The zero-order valence-corrected chi connectivity index (χ0v) is 16.1. The Bertz CT molecular complexity index is 746. The third kappa shape index (κ3) is 5.20. The molecule has 1 aliphatic rings. The van der Waals surface area contributed by atoms with Crippen molar-refractivity contribution < 1.29 is 14.3 Å². The fourth-order valence-corrected chi connectivity index (χ4v) is 3.14. The van der Waals surface area contributed by atoms with Crippen molar-refractivity contribution >= 4 is 23.3 Å². The molecular formula is C20H24ClN3O3. The van der Waals surface area contributed by atoms with Gasteiger partial charge < -0.3 is 24.6 Å². The first-order chi connectivity index (χ1) is 13.2. The molecule has 1 aliphatic heterocycles. The molecule has 2 aromatic carbocycles. The maximum atomic E-state index is 12.3. The minimum atomic E-state index is -0.0608. The highest BCUT2D eigenvalue weighted by Crippen LogP contribution is 2.28. The zero-order valence-electron chi connectivity index (χ0n) is 15.4. The van der Waals surface area contributed by atoms with Gasteiger partial charge in [-0.1, -0.05) is 23.7 Å². The number of halogens is 1. The molecule has 1 N–H and O–H groups in total. The molecule has 6 nitrogen and oxygen atoms in total. The zero-order chi connectivity index (χ0) is 19.1. The van der Waals surface area contributed by atoms with Crippen LogP contribution in [0.1, 0.15) is 0 Å². The molecule has 1 fully saturated rings. The summed E-state index contributed by atoms with van der Waals surface area (Å²) in [5, 5.41) is 3.57. The smallest absolute Gasteiger partial charge is 0.317 e. The lowest BCUT2D eigenvalue weighted by Crippen LogP contribution is -2.52. The molecule has 0 aromatic heterocycles. The van der Waals surface area contributed by atoms with Crippen molar-refractivity contribution in [1.29, 1.82) is 0 Å². The Kier molecular flexibility index (Phi) is 6.65. The molecule has 0 spiro atoms. The highest BCUT2D eigenvalue weighted by atomic mass is 35.5. The van der Waals surface area contributed by atoms with Gasteiger partial charge in [-0.3, -0.25) is 0 Å². The topological polar surface area (TPSA) is 54.0 Å². The summed E-state index contributed by atoms with van der Waals surface area (Å²) in [6, 6.07) is 15.1. The molecule has 2 aromatic rings. The Morgan fingerprint density at radius 1 is 1.07 bits per heavy atom. The molecule has 1 saturated heterocycles. The van der Waals surface area contributed by atoms with Gasteiger partial charge in [0, 0.05) is 31.2 Å². The van der Waals surface area contributed by atoms with Crippen molar-refractivity contribution in [2.24, 2.45) is 0 Å². The fraction of sp³-hybridized carbons (Fsp3) is 0.350. The van der Waals surface area contributed by atoms with Crippen LogP contribution >= 0.6 is 11.6 Å². The van der Waals surface area contributed by atoms with Crippen molar-refractivity contribution in [1.82, 2.24) is 10.2 Å². The summed E-state index contributed by atoms with van der Waals surface area (Å²) in [7, 11) is 1.68. The average Bonchev–Trinajstić information content (AvgIpc) is 2.72. The fourth-order valence-electron chi connectivity index (χ4n) is 3.01. The van der Waals surface area contributed by atoms with E-state index >= 15 is 0 Å². The Morgan fingerprint density at radius 2 is 1.78 bits per heavy atom. The van der Waals surface area contributed by atoms with Crippen LogP contribution < -0.4 is 19.7 Å². The lowest BCUT2D eigenvalue weighted by molar-refractivity contribution is 0.191. The lowest BCUT2D eigenvalue weighted by atomic mass is 10.2. The average molecular weight is 390 g/mol. The van der Waals surface area contributed by atoms with Gasteiger partial charge in [-0.15, -0.1) is 0 Å². The van der Waals surface area contributed by atoms with Crippen molar-refractivity contribution in [3.63, 3.8) is 0 Å². The van der Waals surface area contributed by atoms with Crippen LogP contribution in [0.25, 0.3) is 0 Å². The van der Waals surface area contributed by atoms with Crippen molar-refractivity contribution in [3.05, 3.63) is 53.6 Å². The molecule has 0 saturated carbocycles. The number of piperazine rings is 1. The summed E-state index contributed by atoms with van der Waals surface area (Å²) >= 11 is 5.84. The first kappa shape index (κ1) is 19.2. The number of rotatable bonds is 6. The van der Waals surface area contributed by atoms with E-state index in [1.54, 1.807) is 31.4 Å². The quantitative estimate of drug-likeness (QED) is 0.770. The number of carbonyl (C=O) groups excluding carboxylic acids is 1. The summed E-state index contributed by atoms with van der Waals surface area (Å²) in [5.41, 5.74) is 1.07. The standard InChI is InChI=1S/C20H24ClN3O3/c1-26-19-5-3-2-4-18(19)23-11-13-24(14-12-23)20(25)22-10-15-27-17-8-6-16(21)7-9-17/h2-9H,10-15H2,1H3,(H,22,25). The molecule has 3 rings (SSSR count). The Labute approximate surface area is 164 Å². The van der Waals surface area contributed by atoms with Crippen LogP contribution in [0.5, 0.6) is 11.5 Å². The number of methoxy groups -OCH3 is 1. The van der Waals surface area contributed by atoms with Crippen molar-refractivity contribution in [3.8, 4) is 11.5 Å². The second kappa shape index (κ2) is 9.37. The number of nitrogens with one attached hydrogen (secondary N) is 1. The summed E-state index contributed by atoms with van der Waals surface area (Å²) < 4.78 is 11.0. The minimum absolute atomic E-state index is 0.0608. The van der Waals surface area contributed by atoms with E-state index in [1.165, 1.54) is 0 Å². The van der Waals surface area contributed by atoms with E-state index in [9.17, 15) is 4.79 Å². The number of benzene rings is 2. The third-order valence-corrected chi connectivity index (χ3v) is 4.71. The van der Waals surface area contributed by atoms with E-state index in [1.807, 2.05) is 29.2 Å². The van der Waals surface area contributed by atoms with Gasteiger partial charge in [0.2, 0.25) is 0 Å². The van der Waals surface area contributed by atoms with Crippen LogP contribution in [0.3, 0.4) is 0 Å². The number of para-hydroxylation sites is 2. The Morgan fingerprint density at radius 3 is 2.48 bits per heavy atom. The summed E-state index contributed by atoms with van der Waals surface area (Å²) in [6.07, 6.45) is 0. The maximum Gasteiger partial charge on any atom is 0.317 e. The van der Waals surface area contributed by atoms with Crippen LogP contribution in [0, 0.1) is 0 Å². The summed E-state index contributed by atoms with van der Waals surface area (Å²) in [4.78, 5) is 16.4. The summed E-state index contributed by atoms with van der Waals surface area (Å²) in [5.74, 6) is 1.59. The van der Waals surface area contributed by atoms with Crippen molar-refractivity contribution in [2.75, 3.05) is 51.3 Å². The van der Waals surface area contributed by atoms with E-state index in [0.717, 1.165) is 30.3 Å². The lowest BCUT2D eigenvalue weighted by Gasteiger charge is -2.36. The molecule has 1 heterocycles. The number of hydrogen-bond acceptors (Lipinski definition) is 4. The van der Waals surface area contributed by atoms with E-state index in [4.69, 9.17) is 21.1 Å². The SMILES string of the molecule is COc1ccccc1N1CCN(C(=O)NCCOc2ccc(Cl)cc2)CC1. The largest absolute Gasteiger partial charge is 0.495 e. The Balaban J connectivity index is 1.40. The van der Waals surface area contributed by atoms with E-state index in [0.29, 0.717) is 31.3 Å². The molecule has 0 aliphatic carbocycles. The highest BCUT2D eigenvalue weighted by Gasteiger charge is 2.22. The minimum Gasteiger partial charge on any atom is -0.495 e. The van der Waals surface area contributed by atoms with Gasteiger partial charge in [-0.25, -0.2) is 4.79 Å². The molecule has 7 heteroatoms. The van der Waals surface area contributed by atoms with E-state index in [2.05, 4.69) is 10.2 Å².